The summed E-state index contributed by atoms with van der Waals surface area (Å²) in [5, 5.41) is 12.5. The summed E-state index contributed by atoms with van der Waals surface area (Å²) >= 11 is 0. The van der Waals surface area contributed by atoms with Crippen LogP contribution in [0.15, 0.2) is 475 Å². The third-order valence-electron chi connectivity index (χ3n) is 22.2. The van der Waals surface area contributed by atoms with Gasteiger partial charge in [0.25, 0.3) is 0 Å². The van der Waals surface area contributed by atoms with Crippen molar-refractivity contribution < 1.29 is 16.8 Å². The standard InChI is InChI=1S/C30H21S.C30H27S.C24H25O2S2.C23H23O2S2/c1-4-10-25-19-28(16-13-22(25)7-1)31(29-17-14-23-8-2-5-11-26(23)20-29)30-18-15-24-9-3-6-12-27(24)21-30;1-30(2,3)26-14-18-27(19-15-26)31(28-16-12-22-8-4-6-10-24(22)20-28)29-17-13-23-9-5-7-11-25(23)21-29;25-28(26,23-14-8-3-9-15-23)24-18-16-22(17-19-24)27(20-10-4-1-5-11-20)21-12-6-2-7-13-21;24-27(25,22-13-7-8-14-22)23-17-15-21(16-18-23)26(19-9-3-1-4-10-19)20-11-5-2-6-12-20/h1-21H;4-21H,1-3H3;1-2,4-7,10-13,16-19,23H,3,8-9,14-15H2;1-6,9-12,15-18,22H,7-8,13-14H2/q4*+1. The Kier molecular flexibility index (Phi) is 25.3. The van der Waals surface area contributed by atoms with Crippen LogP contribution in [-0.2, 0) is 68.7 Å². The zero-order valence-electron chi connectivity index (χ0n) is 66.3. The van der Waals surface area contributed by atoms with Crippen molar-refractivity contribution in [1.29, 1.82) is 0 Å². The second-order valence-corrected chi connectivity index (χ2v) is 43.6. The highest BCUT2D eigenvalue weighted by atomic mass is 32.2. The maximum Gasteiger partial charge on any atom is 0.181 e. The minimum atomic E-state index is -3.23. The summed E-state index contributed by atoms with van der Waals surface area (Å²) in [7, 11) is -7.28. The molecule has 2 saturated carbocycles. The highest BCUT2D eigenvalue weighted by Gasteiger charge is 2.37. The summed E-state index contributed by atoms with van der Waals surface area (Å²) in [6.07, 6.45) is 8.42. The van der Waals surface area contributed by atoms with Crippen molar-refractivity contribution in [3.8, 4) is 0 Å². The number of rotatable bonds is 16. The average Bonchev–Trinajstić information content (AvgIpc) is 0.807. The molecule has 2 aliphatic carbocycles. The van der Waals surface area contributed by atoms with E-state index in [0.717, 1.165) is 67.6 Å². The summed E-state index contributed by atoms with van der Waals surface area (Å²) in [6.45, 7) is 6.82. The molecule has 0 atom stereocenters. The van der Waals surface area contributed by atoms with Crippen LogP contribution in [0.4, 0.5) is 0 Å². The fraction of sp³-hybridized carbons (Fsp3) is 0.140. The van der Waals surface area contributed by atoms with Crippen molar-refractivity contribution in [3.63, 3.8) is 0 Å². The van der Waals surface area contributed by atoms with E-state index in [0.29, 0.717) is 9.79 Å². The first-order valence-corrected chi connectivity index (χ1v) is 48.6. The molecule has 10 heteroatoms. The lowest BCUT2D eigenvalue weighted by Gasteiger charge is -2.21. The minimum absolute atomic E-state index is 0.156. The maximum atomic E-state index is 13.0. The Morgan fingerprint density at radius 3 is 0.641 bits per heavy atom. The molecule has 17 aromatic rings. The van der Waals surface area contributed by atoms with Crippen LogP contribution in [0.5, 0.6) is 0 Å². The molecular formula is C107H96O4S6+4. The monoisotopic (exact) mass is 1640 g/mol. The Balaban J connectivity index is 0.000000117. The van der Waals surface area contributed by atoms with Crippen LogP contribution in [0.25, 0.3) is 53.9 Å². The van der Waals surface area contributed by atoms with Gasteiger partial charge in [0.15, 0.2) is 78.4 Å². The van der Waals surface area contributed by atoms with E-state index in [4.69, 9.17) is 0 Å². The topological polar surface area (TPSA) is 68.3 Å². The molecule has 19 rings (SSSR count). The van der Waals surface area contributed by atoms with Crippen molar-refractivity contribution in [3.05, 3.63) is 412 Å². The van der Waals surface area contributed by atoms with Gasteiger partial charge in [0.05, 0.1) is 63.9 Å². The van der Waals surface area contributed by atoms with Crippen molar-refractivity contribution in [2.45, 2.75) is 163 Å². The van der Waals surface area contributed by atoms with Gasteiger partial charge in [0, 0.05) is 30.3 Å². The Hall–Kier alpha value is -10.7. The number of benzene rings is 17. The molecule has 0 heterocycles. The Morgan fingerprint density at radius 2 is 0.393 bits per heavy atom. The predicted molar refractivity (Wildman–Crippen MR) is 496 cm³/mol. The van der Waals surface area contributed by atoms with Crippen LogP contribution in [0.1, 0.15) is 84.1 Å². The highest BCUT2D eigenvalue weighted by molar-refractivity contribution is 7.98. The van der Waals surface area contributed by atoms with E-state index < -0.39 is 19.7 Å². The van der Waals surface area contributed by atoms with Crippen molar-refractivity contribution in [2.24, 2.45) is 0 Å². The SMILES string of the molecule is CC(C)(C)c1ccc([S+](c2ccc3ccccc3c2)c2ccc3ccccc3c2)cc1.O=S(=O)(c1ccc([S+](c2ccccc2)c2ccccc2)cc1)C1CCCC1.O=S(=O)(c1ccc([S+](c2ccccc2)c2ccccc2)cc1)C1CCCCC1.c1ccc2cc([S+](c3ccc4ccccc4c3)c3ccc4ccccc4c3)ccc2c1. The van der Waals surface area contributed by atoms with E-state index in [1.54, 1.807) is 12.1 Å². The highest BCUT2D eigenvalue weighted by Crippen LogP contribution is 2.41. The molecular weight excluding hydrogens is 1540 g/mol. The third kappa shape index (κ3) is 18.8. The predicted octanol–water partition coefficient (Wildman–Crippen LogP) is 28.0. The molecule has 0 saturated heterocycles. The summed E-state index contributed by atoms with van der Waals surface area (Å²) in [5.41, 5.74) is 1.53. The lowest BCUT2D eigenvalue weighted by atomic mass is 9.87. The van der Waals surface area contributed by atoms with Crippen LogP contribution in [0, 0.1) is 0 Å². The summed E-state index contributed by atoms with van der Waals surface area (Å²) in [6, 6.07) is 144. The van der Waals surface area contributed by atoms with E-state index in [1.807, 2.05) is 60.7 Å². The second kappa shape index (κ2) is 36.9. The molecule has 0 N–H and O–H groups in total. The molecule has 4 nitrogen and oxygen atoms in total. The van der Waals surface area contributed by atoms with Crippen LogP contribution < -0.4 is 0 Å². The molecule has 2 aliphatic rings. The number of hydrogen-bond acceptors (Lipinski definition) is 4. The van der Waals surface area contributed by atoms with Gasteiger partial charge in [-0.25, -0.2) is 16.8 Å². The van der Waals surface area contributed by atoms with Gasteiger partial charge in [0.2, 0.25) is 0 Å². The lowest BCUT2D eigenvalue weighted by molar-refractivity contribution is 0.483. The van der Waals surface area contributed by atoms with Crippen LogP contribution in [0.3, 0.4) is 0 Å². The molecule has 0 bridgehead atoms. The molecule has 17 aromatic carbocycles. The van der Waals surface area contributed by atoms with Crippen molar-refractivity contribution in [1.82, 2.24) is 0 Å². The first-order chi connectivity index (χ1) is 57.2. The van der Waals surface area contributed by atoms with Gasteiger partial charge < -0.3 is 0 Å². The number of fused-ring (bicyclic) bond motifs is 5. The number of hydrogen-bond donors (Lipinski definition) is 0. The lowest BCUT2D eigenvalue weighted by Crippen LogP contribution is -2.24. The van der Waals surface area contributed by atoms with Crippen molar-refractivity contribution >= 4 is 117 Å². The van der Waals surface area contributed by atoms with Crippen LogP contribution >= 0.6 is 0 Å². The summed E-state index contributed by atoms with van der Waals surface area (Å²) in [5.74, 6) is 0. The fourth-order valence-electron chi connectivity index (χ4n) is 15.9. The van der Waals surface area contributed by atoms with Gasteiger partial charge in [0.1, 0.15) is 0 Å². The third-order valence-corrected chi connectivity index (χ3v) is 35.6. The van der Waals surface area contributed by atoms with E-state index in [9.17, 15) is 16.8 Å². The first-order valence-electron chi connectivity index (χ1n) is 40.6. The van der Waals surface area contributed by atoms with Crippen LogP contribution in [-0.4, -0.2) is 27.3 Å². The van der Waals surface area contributed by atoms with Gasteiger partial charge in [-0.3, -0.25) is 0 Å². The van der Waals surface area contributed by atoms with E-state index in [2.05, 4.69) is 354 Å². The molecule has 0 unspecified atom stereocenters. The fourth-order valence-corrected chi connectivity index (χ4v) is 28.1. The minimum Gasteiger partial charge on any atom is -0.223 e. The molecule has 0 spiro atoms. The van der Waals surface area contributed by atoms with Crippen molar-refractivity contribution in [2.75, 3.05) is 0 Å². The molecule has 0 amide bonds. The average molecular weight is 1640 g/mol. The molecule has 117 heavy (non-hydrogen) atoms. The summed E-state index contributed by atoms with van der Waals surface area (Å²) < 4.78 is 51.7. The molecule has 580 valence electrons. The Morgan fingerprint density at radius 1 is 0.205 bits per heavy atom. The van der Waals surface area contributed by atoms with Gasteiger partial charge in [-0.05, 0) is 260 Å². The molecule has 0 aromatic heterocycles. The van der Waals surface area contributed by atoms with E-state index >= 15 is 0 Å². The van der Waals surface area contributed by atoms with Gasteiger partial charge in [-0.15, -0.1) is 0 Å². The molecule has 0 radical (unpaired) electrons. The largest absolute Gasteiger partial charge is 0.223 e. The van der Waals surface area contributed by atoms with Gasteiger partial charge in [-0.1, -0.05) is 259 Å². The quantitative estimate of drug-likeness (QED) is 0.0904. The Bertz CT molecular complexity index is 6100. The maximum absolute atomic E-state index is 13.0. The first kappa shape index (κ1) is 80.1. The molecule has 0 aliphatic heterocycles. The van der Waals surface area contributed by atoms with Gasteiger partial charge >= 0.3 is 0 Å². The number of sulfone groups is 2. The smallest absolute Gasteiger partial charge is 0.181 e. The zero-order chi connectivity index (χ0) is 80.1. The Labute approximate surface area is 703 Å². The molecule has 2 fully saturated rings. The van der Waals surface area contributed by atoms with E-state index in [-0.39, 0.29) is 59.5 Å². The van der Waals surface area contributed by atoms with Crippen LogP contribution in [0.2, 0.25) is 0 Å². The normalized spacial score (nSPS) is 13.5. The zero-order valence-corrected chi connectivity index (χ0v) is 71.2. The summed E-state index contributed by atoms with van der Waals surface area (Å²) in [4.78, 5) is 16.3. The second-order valence-electron chi connectivity index (χ2n) is 31.0. The van der Waals surface area contributed by atoms with Gasteiger partial charge in [-0.2, -0.15) is 0 Å². The van der Waals surface area contributed by atoms with E-state index in [1.165, 1.54) is 108 Å².